The summed E-state index contributed by atoms with van der Waals surface area (Å²) >= 11 is 0. The molecule has 0 spiro atoms. The van der Waals surface area contributed by atoms with Crippen molar-refractivity contribution in [2.75, 3.05) is 18.0 Å². The number of hydrazone groups is 1. The second-order valence-electron chi connectivity index (χ2n) is 5.98. The Morgan fingerprint density at radius 3 is 2.80 bits per heavy atom. The average Bonchev–Trinajstić information content (AvgIpc) is 2.55. The smallest absolute Gasteiger partial charge is 0.332 e. The Morgan fingerprint density at radius 2 is 2.12 bits per heavy atom. The highest BCUT2D eigenvalue weighted by Crippen LogP contribution is 2.20. The molecule has 0 saturated carbocycles. The number of amides is 2. The van der Waals surface area contributed by atoms with E-state index in [9.17, 15) is 9.59 Å². The first-order valence-electron chi connectivity index (χ1n) is 7.96. The summed E-state index contributed by atoms with van der Waals surface area (Å²) < 4.78 is 7.18. The van der Waals surface area contributed by atoms with Crippen molar-refractivity contribution in [3.05, 3.63) is 40.3 Å². The number of hydrogen-bond acceptors (Lipinski definition) is 6. The van der Waals surface area contributed by atoms with E-state index < -0.39 is 6.03 Å². The highest BCUT2D eigenvalue weighted by molar-refractivity contribution is 5.87. The quantitative estimate of drug-likeness (QED) is 0.614. The Labute approximate surface area is 144 Å². The Balaban J connectivity index is 2.12. The maximum absolute atomic E-state index is 12.9. The number of morpholine rings is 1. The van der Waals surface area contributed by atoms with Crippen molar-refractivity contribution in [1.29, 1.82) is 0 Å². The number of urea groups is 1. The van der Waals surface area contributed by atoms with Crippen molar-refractivity contribution in [3.63, 3.8) is 0 Å². The highest BCUT2D eigenvalue weighted by atomic mass is 16.5. The van der Waals surface area contributed by atoms with E-state index in [4.69, 9.17) is 10.5 Å². The van der Waals surface area contributed by atoms with Crippen LogP contribution in [0.5, 0.6) is 0 Å². The molecule has 2 aromatic heterocycles. The molecule has 0 aliphatic carbocycles. The first-order chi connectivity index (χ1) is 12.0. The van der Waals surface area contributed by atoms with Crippen LogP contribution in [0.4, 0.5) is 10.6 Å². The first kappa shape index (κ1) is 16.9. The topological polar surface area (TPSA) is 114 Å². The third kappa shape index (κ3) is 3.61. The van der Waals surface area contributed by atoms with Crippen molar-refractivity contribution in [3.8, 4) is 0 Å². The Hall–Kier alpha value is -2.94. The summed E-state index contributed by atoms with van der Waals surface area (Å²) in [5.41, 5.74) is 7.66. The largest absolute Gasteiger partial charge is 0.372 e. The third-order valence-electron chi connectivity index (χ3n) is 3.84. The molecule has 2 amide bonds. The van der Waals surface area contributed by atoms with Gasteiger partial charge in [-0.15, -0.1) is 0 Å². The molecule has 9 heteroatoms. The monoisotopic (exact) mass is 344 g/mol. The van der Waals surface area contributed by atoms with E-state index in [-0.39, 0.29) is 23.3 Å². The minimum absolute atomic E-state index is 0.00769. The molecular weight excluding hydrogens is 324 g/mol. The number of hydrogen-bond donors (Lipinski definition) is 2. The Kier molecular flexibility index (Phi) is 4.66. The zero-order valence-corrected chi connectivity index (χ0v) is 14.0. The molecule has 0 aromatic carbocycles. The van der Waals surface area contributed by atoms with Crippen molar-refractivity contribution in [2.45, 2.75) is 26.1 Å². The van der Waals surface area contributed by atoms with Gasteiger partial charge in [-0.05, 0) is 26.0 Å². The lowest BCUT2D eigenvalue weighted by molar-refractivity contribution is -0.00546. The van der Waals surface area contributed by atoms with Crippen LogP contribution >= 0.6 is 0 Å². The van der Waals surface area contributed by atoms with Gasteiger partial charge in [0.1, 0.15) is 17.0 Å². The van der Waals surface area contributed by atoms with E-state index in [1.165, 1.54) is 10.6 Å². The molecule has 25 heavy (non-hydrogen) atoms. The predicted octanol–water partition coefficient (Wildman–Crippen LogP) is 0.310. The molecule has 1 fully saturated rings. The minimum atomic E-state index is -0.805. The van der Waals surface area contributed by atoms with E-state index in [2.05, 4.69) is 15.5 Å². The summed E-state index contributed by atoms with van der Waals surface area (Å²) in [5.74, 6) is 0.508. The Morgan fingerprint density at radius 1 is 1.40 bits per heavy atom. The van der Waals surface area contributed by atoms with Gasteiger partial charge in [-0.25, -0.2) is 15.2 Å². The lowest BCUT2D eigenvalue weighted by atomic mass is 10.2. The van der Waals surface area contributed by atoms with Crippen LogP contribution in [-0.2, 0) is 4.74 Å². The maximum atomic E-state index is 12.9. The van der Waals surface area contributed by atoms with Crippen LogP contribution in [0, 0.1) is 0 Å². The fourth-order valence-electron chi connectivity index (χ4n) is 2.96. The summed E-state index contributed by atoms with van der Waals surface area (Å²) in [6, 6.07) is 4.52. The van der Waals surface area contributed by atoms with Gasteiger partial charge < -0.3 is 15.4 Å². The van der Waals surface area contributed by atoms with Gasteiger partial charge >= 0.3 is 6.03 Å². The SMILES string of the molecule is C[C@@H]1CN(c2nc3ccccn3c(=O)c2/C=N\NC(N)=O)C[C@@H](C)O1. The lowest BCUT2D eigenvalue weighted by Gasteiger charge is -2.36. The number of nitrogens with one attached hydrogen (secondary N) is 1. The van der Waals surface area contributed by atoms with Crippen molar-refractivity contribution < 1.29 is 9.53 Å². The van der Waals surface area contributed by atoms with E-state index >= 15 is 0 Å². The number of carbonyl (C=O) groups excluding carboxylic acids is 1. The van der Waals surface area contributed by atoms with E-state index in [0.717, 1.165) is 0 Å². The van der Waals surface area contributed by atoms with Gasteiger partial charge in [0.05, 0.1) is 18.4 Å². The van der Waals surface area contributed by atoms with Gasteiger partial charge in [-0.1, -0.05) is 6.07 Å². The van der Waals surface area contributed by atoms with Gasteiger partial charge in [0, 0.05) is 19.3 Å². The molecule has 1 aliphatic rings. The molecule has 0 radical (unpaired) electrons. The molecule has 3 rings (SSSR count). The second kappa shape index (κ2) is 6.89. The number of ether oxygens (including phenoxy) is 1. The van der Waals surface area contributed by atoms with Crippen LogP contribution in [0.2, 0.25) is 0 Å². The number of fused-ring (bicyclic) bond motifs is 1. The number of primary amides is 1. The molecule has 0 bridgehead atoms. The molecule has 1 aliphatic heterocycles. The van der Waals surface area contributed by atoms with Crippen molar-refractivity contribution in [1.82, 2.24) is 14.8 Å². The van der Waals surface area contributed by atoms with Gasteiger partial charge in [-0.2, -0.15) is 5.10 Å². The van der Waals surface area contributed by atoms with Crippen LogP contribution in [0.15, 0.2) is 34.3 Å². The predicted molar refractivity (Wildman–Crippen MR) is 94.0 cm³/mol. The number of pyridine rings is 1. The molecule has 3 N–H and O–H groups in total. The number of aromatic nitrogens is 2. The molecule has 132 valence electrons. The number of carbonyl (C=O) groups is 1. The molecule has 3 heterocycles. The molecular formula is C16H20N6O3. The number of anilines is 1. The average molecular weight is 344 g/mol. The zero-order chi connectivity index (χ0) is 18.0. The van der Waals surface area contributed by atoms with E-state index in [1.807, 2.05) is 24.8 Å². The summed E-state index contributed by atoms with van der Waals surface area (Å²) in [6.45, 7) is 5.14. The van der Waals surface area contributed by atoms with Gasteiger partial charge in [0.2, 0.25) is 0 Å². The van der Waals surface area contributed by atoms with Crippen LogP contribution in [0.3, 0.4) is 0 Å². The Bertz CT molecular complexity index is 868. The fraction of sp³-hybridized carbons (Fsp3) is 0.375. The number of nitrogens with two attached hydrogens (primary N) is 1. The lowest BCUT2D eigenvalue weighted by Crippen LogP contribution is -2.47. The molecule has 2 aromatic rings. The summed E-state index contributed by atoms with van der Waals surface area (Å²) in [4.78, 5) is 30.3. The third-order valence-corrected chi connectivity index (χ3v) is 3.84. The normalized spacial score (nSPS) is 21.0. The van der Waals surface area contributed by atoms with Crippen LogP contribution in [-0.4, -0.2) is 46.9 Å². The van der Waals surface area contributed by atoms with E-state index in [0.29, 0.717) is 24.6 Å². The summed E-state index contributed by atoms with van der Waals surface area (Å²) in [5, 5.41) is 3.74. The van der Waals surface area contributed by atoms with Crippen molar-refractivity contribution in [2.24, 2.45) is 10.8 Å². The fourth-order valence-corrected chi connectivity index (χ4v) is 2.96. The number of rotatable bonds is 3. The molecule has 0 unspecified atom stereocenters. The standard InChI is InChI=1S/C16H20N6O3/c1-10-8-21(9-11(2)25-10)14-12(7-18-20-16(17)24)15(23)22-6-4-3-5-13(22)19-14/h3-7,10-11H,8-9H2,1-2H3,(H3,17,20,24)/b18-7-/t10-,11-/m1/s1. The molecule has 1 saturated heterocycles. The maximum Gasteiger partial charge on any atom is 0.332 e. The molecule has 2 atom stereocenters. The summed E-state index contributed by atoms with van der Waals surface area (Å²) in [6.07, 6.45) is 2.93. The highest BCUT2D eigenvalue weighted by Gasteiger charge is 2.26. The van der Waals surface area contributed by atoms with Crippen LogP contribution in [0.1, 0.15) is 19.4 Å². The van der Waals surface area contributed by atoms with Gasteiger partial charge in [0.25, 0.3) is 5.56 Å². The van der Waals surface area contributed by atoms with E-state index in [1.54, 1.807) is 18.3 Å². The second-order valence-corrected chi connectivity index (χ2v) is 5.98. The first-order valence-corrected chi connectivity index (χ1v) is 7.96. The minimum Gasteiger partial charge on any atom is -0.372 e. The molecule has 9 nitrogen and oxygen atoms in total. The zero-order valence-electron chi connectivity index (χ0n) is 14.0. The number of nitrogens with zero attached hydrogens (tertiary/aromatic N) is 4. The van der Waals surface area contributed by atoms with Crippen LogP contribution < -0.4 is 21.6 Å². The van der Waals surface area contributed by atoms with Gasteiger partial charge in [0.15, 0.2) is 0 Å². The van der Waals surface area contributed by atoms with Gasteiger partial charge in [-0.3, -0.25) is 9.20 Å². The summed E-state index contributed by atoms with van der Waals surface area (Å²) in [7, 11) is 0. The van der Waals surface area contributed by atoms with Crippen molar-refractivity contribution >= 4 is 23.7 Å². The van der Waals surface area contributed by atoms with Crippen LogP contribution in [0.25, 0.3) is 5.65 Å².